The second-order valence-corrected chi connectivity index (χ2v) is 5.16. The van der Waals surface area contributed by atoms with Crippen LogP contribution in [-0.4, -0.2) is 37.5 Å². The van der Waals surface area contributed by atoms with E-state index in [1.807, 2.05) is 0 Å². The number of amides is 1. The molecule has 0 unspecified atom stereocenters. The first-order valence-corrected chi connectivity index (χ1v) is 6.97. The average molecular weight is 373 g/mol. The second-order valence-electron chi connectivity index (χ2n) is 4.31. The number of carbonyl (C=O) groups is 1. The van der Waals surface area contributed by atoms with E-state index in [0.717, 1.165) is 0 Å². The number of nitro groups is 1. The fourth-order valence-corrected chi connectivity index (χ4v) is 2.16. The highest BCUT2D eigenvalue weighted by molar-refractivity contribution is 9.10. The molecule has 22 heavy (non-hydrogen) atoms. The lowest BCUT2D eigenvalue weighted by Gasteiger charge is -2.01. The molecule has 118 valence electrons. The molecule has 2 aromatic heterocycles. The van der Waals surface area contributed by atoms with Crippen molar-refractivity contribution in [1.29, 1.82) is 0 Å². The Hall–Kier alpha value is -2.27. The Morgan fingerprint density at radius 2 is 2.27 bits per heavy atom. The van der Waals surface area contributed by atoms with Crippen molar-refractivity contribution in [3.05, 3.63) is 33.2 Å². The third-order valence-corrected chi connectivity index (χ3v) is 3.18. The first-order chi connectivity index (χ1) is 10.5. The van der Waals surface area contributed by atoms with E-state index in [0.29, 0.717) is 12.4 Å². The minimum atomic E-state index is -0.592. The van der Waals surface area contributed by atoms with Crippen molar-refractivity contribution >= 4 is 33.3 Å². The van der Waals surface area contributed by atoms with E-state index in [1.165, 1.54) is 21.8 Å². The van der Waals surface area contributed by atoms with Crippen LogP contribution in [0.4, 0.5) is 11.5 Å². The largest absolute Gasteiger partial charge is 0.404 e. The zero-order valence-electron chi connectivity index (χ0n) is 11.6. The van der Waals surface area contributed by atoms with Gasteiger partial charge < -0.3 is 20.2 Å². The number of hydrogen-bond donors (Lipinski definition) is 1. The van der Waals surface area contributed by atoms with Crippen LogP contribution in [-0.2, 0) is 22.8 Å². The summed E-state index contributed by atoms with van der Waals surface area (Å²) in [4.78, 5) is 21.9. The Morgan fingerprint density at radius 1 is 1.50 bits per heavy atom. The van der Waals surface area contributed by atoms with E-state index in [2.05, 4.69) is 31.4 Å². The molecule has 0 bridgehead atoms. The molecule has 0 fully saturated rings. The fourth-order valence-electron chi connectivity index (χ4n) is 1.70. The minimum Gasteiger partial charge on any atom is -0.362 e. The molecule has 10 nitrogen and oxygen atoms in total. The second kappa shape index (κ2) is 7.13. The van der Waals surface area contributed by atoms with Gasteiger partial charge in [-0.2, -0.15) is 9.78 Å². The van der Waals surface area contributed by atoms with E-state index in [1.54, 1.807) is 13.3 Å². The van der Waals surface area contributed by atoms with Gasteiger partial charge in [0.2, 0.25) is 5.91 Å². The Labute approximate surface area is 133 Å². The molecule has 0 aliphatic carbocycles. The first kappa shape index (κ1) is 16.1. The van der Waals surface area contributed by atoms with Crippen LogP contribution in [0.2, 0.25) is 0 Å². The van der Waals surface area contributed by atoms with E-state index in [9.17, 15) is 14.9 Å². The van der Waals surface area contributed by atoms with Gasteiger partial charge in [0.1, 0.15) is 11.2 Å². The predicted molar refractivity (Wildman–Crippen MR) is 79.1 cm³/mol. The van der Waals surface area contributed by atoms with Crippen molar-refractivity contribution < 1.29 is 14.5 Å². The first-order valence-electron chi connectivity index (χ1n) is 6.18. The summed E-state index contributed by atoms with van der Waals surface area (Å²) in [5, 5.41) is 21.1. The maximum absolute atomic E-state index is 11.8. The van der Waals surface area contributed by atoms with Crippen molar-refractivity contribution in [3.63, 3.8) is 0 Å². The topological polar surface area (TPSA) is 117 Å². The number of hydrogen-bond acceptors (Lipinski definition) is 6. The number of aryl methyl sites for hydroxylation is 1. The molecular formula is C11H13BrN6O4. The Kier molecular flexibility index (Phi) is 5.22. The highest BCUT2D eigenvalue weighted by Gasteiger charge is 2.18. The minimum absolute atomic E-state index is 0.126. The number of methoxy groups -OCH3 is 1. The van der Waals surface area contributed by atoms with Crippen LogP contribution in [0.15, 0.2) is 23.1 Å². The van der Waals surface area contributed by atoms with Gasteiger partial charge >= 0.3 is 5.82 Å². The van der Waals surface area contributed by atoms with Crippen LogP contribution in [0.3, 0.4) is 0 Å². The quantitative estimate of drug-likeness (QED) is 0.579. The lowest BCUT2D eigenvalue weighted by Crippen LogP contribution is -2.14. The molecule has 0 radical (unpaired) electrons. The van der Waals surface area contributed by atoms with Gasteiger partial charge in [-0.3, -0.25) is 4.79 Å². The zero-order chi connectivity index (χ0) is 16.1. The van der Waals surface area contributed by atoms with Gasteiger partial charge in [0.25, 0.3) is 0 Å². The SMILES string of the molecule is COCn1cc(NC(=O)CCn2cc(Br)c([N+](=O)[O-])n2)cn1. The van der Waals surface area contributed by atoms with Crippen molar-refractivity contribution in [2.24, 2.45) is 0 Å². The molecule has 0 aliphatic heterocycles. The van der Waals surface area contributed by atoms with Gasteiger partial charge in [0.05, 0.1) is 35.9 Å². The highest BCUT2D eigenvalue weighted by Crippen LogP contribution is 2.22. The molecule has 2 aromatic rings. The summed E-state index contributed by atoms with van der Waals surface area (Å²) < 4.78 is 8.05. The summed E-state index contributed by atoms with van der Waals surface area (Å²) in [5.74, 6) is -0.521. The van der Waals surface area contributed by atoms with Crippen LogP contribution in [0.25, 0.3) is 0 Å². The molecule has 2 heterocycles. The van der Waals surface area contributed by atoms with Crippen LogP contribution in [0.1, 0.15) is 6.42 Å². The molecule has 1 N–H and O–H groups in total. The maximum atomic E-state index is 11.8. The number of nitrogens with one attached hydrogen (secondary N) is 1. The summed E-state index contributed by atoms with van der Waals surface area (Å²) in [6.07, 6.45) is 4.73. The molecule has 0 aromatic carbocycles. The van der Waals surface area contributed by atoms with Crippen molar-refractivity contribution in [3.8, 4) is 0 Å². The molecule has 11 heteroatoms. The van der Waals surface area contributed by atoms with Crippen LogP contribution >= 0.6 is 15.9 Å². The lowest BCUT2D eigenvalue weighted by atomic mass is 10.4. The average Bonchev–Trinajstić information content (AvgIpc) is 3.04. The molecule has 0 aliphatic rings. The predicted octanol–water partition coefficient (Wildman–Crippen LogP) is 1.38. The Bertz CT molecular complexity index is 682. The lowest BCUT2D eigenvalue weighted by molar-refractivity contribution is -0.390. The zero-order valence-corrected chi connectivity index (χ0v) is 13.2. The standard InChI is InChI=1S/C11H13BrN6O4/c1-22-7-17-5-8(4-13-17)14-10(19)2-3-16-6-9(12)11(15-16)18(20)21/h4-6H,2-3,7H2,1H3,(H,14,19). The van der Waals surface area contributed by atoms with E-state index < -0.39 is 4.92 Å². The van der Waals surface area contributed by atoms with Crippen molar-refractivity contribution in [2.45, 2.75) is 19.7 Å². The molecule has 2 rings (SSSR count). The van der Waals surface area contributed by atoms with Gasteiger partial charge in [-0.05, 0) is 20.9 Å². The van der Waals surface area contributed by atoms with Crippen LogP contribution < -0.4 is 5.32 Å². The van der Waals surface area contributed by atoms with Gasteiger partial charge in [0, 0.05) is 13.5 Å². The molecular weight excluding hydrogens is 360 g/mol. The van der Waals surface area contributed by atoms with Crippen molar-refractivity contribution in [1.82, 2.24) is 19.6 Å². The fraction of sp³-hybridized carbons (Fsp3) is 0.364. The van der Waals surface area contributed by atoms with E-state index >= 15 is 0 Å². The number of halogens is 1. The number of ether oxygens (including phenoxy) is 1. The monoisotopic (exact) mass is 372 g/mol. The Morgan fingerprint density at radius 3 is 2.91 bits per heavy atom. The van der Waals surface area contributed by atoms with E-state index in [-0.39, 0.29) is 29.2 Å². The van der Waals surface area contributed by atoms with Crippen molar-refractivity contribution in [2.75, 3.05) is 12.4 Å². The van der Waals surface area contributed by atoms with E-state index in [4.69, 9.17) is 4.74 Å². The number of carbonyl (C=O) groups excluding carboxylic acids is 1. The van der Waals surface area contributed by atoms with Gasteiger partial charge in [-0.25, -0.2) is 4.68 Å². The normalized spacial score (nSPS) is 10.6. The summed E-state index contributed by atoms with van der Waals surface area (Å²) in [6, 6.07) is 0. The van der Waals surface area contributed by atoms with Gasteiger partial charge in [-0.15, -0.1) is 0 Å². The molecule has 0 saturated carbocycles. The highest BCUT2D eigenvalue weighted by atomic mass is 79.9. The smallest absolute Gasteiger partial charge is 0.362 e. The number of aromatic nitrogens is 4. The third kappa shape index (κ3) is 4.11. The van der Waals surface area contributed by atoms with Gasteiger partial charge in [-0.1, -0.05) is 0 Å². The Balaban J connectivity index is 1.87. The third-order valence-electron chi connectivity index (χ3n) is 2.62. The number of rotatable bonds is 7. The summed E-state index contributed by atoms with van der Waals surface area (Å²) in [5.41, 5.74) is 0.551. The summed E-state index contributed by atoms with van der Waals surface area (Å²) in [6.45, 7) is 0.519. The summed E-state index contributed by atoms with van der Waals surface area (Å²) >= 11 is 3.05. The summed E-state index contributed by atoms with van der Waals surface area (Å²) in [7, 11) is 1.54. The molecule has 0 saturated heterocycles. The molecule has 0 spiro atoms. The van der Waals surface area contributed by atoms with Gasteiger partial charge in [0.15, 0.2) is 0 Å². The van der Waals surface area contributed by atoms with Crippen LogP contribution in [0, 0.1) is 10.1 Å². The number of nitrogens with zero attached hydrogens (tertiary/aromatic N) is 5. The molecule has 0 atom stereocenters. The van der Waals surface area contributed by atoms with Crippen LogP contribution in [0.5, 0.6) is 0 Å². The number of anilines is 1. The maximum Gasteiger partial charge on any atom is 0.404 e. The molecule has 1 amide bonds.